The van der Waals surface area contributed by atoms with E-state index in [1.807, 2.05) is 35.0 Å². The molecule has 2 rings (SSSR count). The van der Waals surface area contributed by atoms with Gasteiger partial charge in [-0.05, 0) is 20.3 Å². The Hall–Kier alpha value is -2.17. The van der Waals surface area contributed by atoms with Crippen molar-refractivity contribution in [3.8, 4) is 11.3 Å². The number of esters is 1. The molecule has 21 heavy (non-hydrogen) atoms. The number of carbonyl (C=O) groups is 1. The van der Waals surface area contributed by atoms with Crippen LogP contribution >= 0.6 is 0 Å². The second-order valence-corrected chi connectivity index (χ2v) is 4.96. The van der Waals surface area contributed by atoms with Gasteiger partial charge in [-0.3, -0.25) is 0 Å². The molecule has 5 heteroatoms. The Morgan fingerprint density at radius 1 is 1.29 bits per heavy atom. The maximum atomic E-state index is 12.1. The number of carbonyl (C=O) groups excluding carboxylic acids is 1. The average Bonchev–Trinajstić information content (AvgIpc) is 2.93. The lowest BCUT2D eigenvalue weighted by Crippen LogP contribution is -2.11. The maximum absolute atomic E-state index is 12.1. The third kappa shape index (κ3) is 3.29. The monoisotopic (exact) mass is 287 g/mol. The molecule has 0 fully saturated rings. The number of rotatable bonds is 6. The highest BCUT2D eigenvalue weighted by molar-refractivity contribution is 5.94. The van der Waals surface area contributed by atoms with Crippen molar-refractivity contribution in [2.24, 2.45) is 0 Å². The summed E-state index contributed by atoms with van der Waals surface area (Å²) in [5.41, 5.74) is 1.94. The van der Waals surface area contributed by atoms with E-state index >= 15 is 0 Å². The SMILES string of the molecule is CCCC(C)n1nnc(C(=O)OCC)c1-c1ccccc1. The fourth-order valence-electron chi connectivity index (χ4n) is 2.34. The summed E-state index contributed by atoms with van der Waals surface area (Å²) in [4.78, 5) is 12.1. The zero-order chi connectivity index (χ0) is 15.2. The van der Waals surface area contributed by atoms with Gasteiger partial charge in [0.1, 0.15) is 5.69 Å². The number of aromatic nitrogens is 3. The third-order valence-electron chi connectivity index (χ3n) is 3.33. The zero-order valence-electron chi connectivity index (χ0n) is 12.7. The van der Waals surface area contributed by atoms with Crippen molar-refractivity contribution in [3.05, 3.63) is 36.0 Å². The van der Waals surface area contributed by atoms with Crippen LogP contribution in [0.4, 0.5) is 0 Å². The zero-order valence-corrected chi connectivity index (χ0v) is 12.7. The van der Waals surface area contributed by atoms with Crippen LogP contribution in [0.1, 0.15) is 50.1 Å². The number of benzene rings is 1. The molecule has 5 nitrogen and oxygen atoms in total. The maximum Gasteiger partial charge on any atom is 0.361 e. The van der Waals surface area contributed by atoms with Crippen LogP contribution in [0.5, 0.6) is 0 Å². The van der Waals surface area contributed by atoms with E-state index in [4.69, 9.17) is 4.74 Å². The van der Waals surface area contributed by atoms with Crippen molar-refractivity contribution in [2.45, 2.75) is 39.7 Å². The van der Waals surface area contributed by atoms with Gasteiger partial charge in [-0.1, -0.05) is 48.9 Å². The molecule has 1 atom stereocenters. The van der Waals surface area contributed by atoms with Gasteiger partial charge in [0.15, 0.2) is 5.69 Å². The van der Waals surface area contributed by atoms with Crippen LogP contribution < -0.4 is 0 Å². The average molecular weight is 287 g/mol. The minimum Gasteiger partial charge on any atom is -0.461 e. The molecule has 1 unspecified atom stereocenters. The van der Waals surface area contributed by atoms with Crippen LogP contribution in [0.25, 0.3) is 11.3 Å². The van der Waals surface area contributed by atoms with Gasteiger partial charge in [-0.25, -0.2) is 9.48 Å². The van der Waals surface area contributed by atoms with Crippen molar-refractivity contribution in [3.63, 3.8) is 0 Å². The lowest BCUT2D eigenvalue weighted by molar-refractivity contribution is 0.0520. The van der Waals surface area contributed by atoms with E-state index in [9.17, 15) is 4.79 Å². The molecule has 0 aliphatic heterocycles. The predicted octanol–water partition coefficient (Wildman–Crippen LogP) is 3.48. The number of ether oxygens (including phenoxy) is 1. The molecule has 0 radical (unpaired) electrons. The second-order valence-electron chi connectivity index (χ2n) is 4.96. The lowest BCUT2D eigenvalue weighted by Gasteiger charge is -2.14. The molecule has 0 saturated heterocycles. The van der Waals surface area contributed by atoms with E-state index in [1.165, 1.54) is 0 Å². The number of hydrogen-bond donors (Lipinski definition) is 0. The lowest BCUT2D eigenvalue weighted by atomic mass is 10.1. The number of hydrogen-bond acceptors (Lipinski definition) is 4. The van der Waals surface area contributed by atoms with Gasteiger partial charge in [0.25, 0.3) is 0 Å². The van der Waals surface area contributed by atoms with Crippen molar-refractivity contribution in [2.75, 3.05) is 6.61 Å². The van der Waals surface area contributed by atoms with Crippen LogP contribution in [0.2, 0.25) is 0 Å². The van der Waals surface area contributed by atoms with Crippen LogP contribution in [0, 0.1) is 0 Å². The fraction of sp³-hybridized carbons (Fsp3) is 0.438. The molecule has 112 valence electrons. The minimum atomic E-state index is -0.425. The molecule has 0 N–H and O–H groups in total. The summed E-state index contributed by atoms with van der Waals surface area (Å²) in [7, 11) is 0. The van der Waals surface area contributed by atoms with Crippen molar-refractivity contribution < 1.29 is 9.53 Å². The van der Waals surface area contributed by atoms with Crippen LogP contribution in [-0.2, 0) is 4.74 Å². The summed E-state index contributed by atoms with van der Waals surface area (Å²) in [6, 6.07) is 9.91. The highest BCUT2D eigenvalue weighted by atomic mass is 16.5. The van der Waals surface area contributed by atoms with Gasteiger partial charge in [-0.15, -0.1) is 5.10 Å². The standard InChI is InChI=1S/C16H21N3O2/c1-4-9-12(3)19-15(13-10-7-6-8-11-13)14(17-18-19)16(20)21-5-2/h6-8,10-12H,4-5,9H2,1-3H3. The Morgan fingerprint density at radius 3 is 2.62 bits per heavy atom. The molecule has 0 aliphatic rings. The van der Waals surface area contributed by atoms with Crippen molar-refractivity contribution in [1.29, 1.82) is 0 Å². The van der Waals surface area contributed by atoms with Crippen molar-refractivity contribution in [1.82, 2.24) is 15.0 Å². The molecule has 0 spiro atoms. The molecule has 0 saturated carbocycles. The Kier molecular flexibility index (Phi) is 5.09. The van der Waals surface area contributed by atoms with Gasteiger partial charge in [-0.2, -0.15) is 0 Å². The van der Waals surface area contributed by atoms with Gasteiger partial charge >= 0.3 is 5.97 Å². The van der Waals surface area contributed by atoms with E-state index in [0.29, 0.717) is 6.61 Å². The first-order valence-electron chi connectivity index (χ1n) is 7.36. The molecule has 0 aliphatic carbocycles. The summed E-state index contributed by atoms with van der Waals surface area (Å²) in [6.45, 7) is 6.32. The van der Waals surface area contributed by atoms with E-state index in [2.05, 4.69) is 24.2 Å². The molecule has 2 aromatic rings. The summed E-state index contributed by atoms with van der Waals surface area (Å²) >= 11 is 0. The van der Waals surface area contributed by atoms with E-state index < -0.39 is 5.97 Å². The number of nitrogens with zero attached hydrogens (tertiary/aromatic N) is 3. The van der Waals surface area contributed by atoms with Crippen LogP contribution in [0.3, 0.4) is 0 Å². The molecular formula is C16H21N3O2. The van der Waals surface area contributed by atoms with Gasteiger partial charge in [0, 0.05) is 5.56 Å². The van der Waals surface area contributed by atoms with Gasteiger partial charge in [0.05, 0.1) is 12.6 Å². The highest BCUT2D eigenvalue weighted by Crippen LogP contribution is 2.27. The Morgan fingerprint density at radius 2 is 2.00 bits per heavy atom. The summed E-state index contributed by atoms with van der Waals surface area (Å²) in [6.07, 6.45) is 2.02. The summed E-state index contributed by atoms with van der Waals surface area (Å²) in [5, 5.41) is 8.23. The second kappa shape index (κ2) is 7.02. The molecule has 1 heterocycles. The van der Waals surface area contributed by atoms with Crippen LogP contribution in [-0.4, -0.2) is 27.6 Å². The minimum absolute atomic E-state index is 0.181. The first-order valence-corrected chi connectivity index (χ1v) is 7.36. The third-order valence-corrected chi connectivity index (χ3v) is 3.33. The smallest absolute Gasteiger partial charge is 0.361 e. The molecule has 0 amide bonds. The first-order chi connectivity index (χ1) is 10.2. The first kappa shape index (κ1) is 15.2. The van der Waals surface area contributed by atoms with E-state index in [1.54, 1.807) is 6.92 Å². The predicted molar refractivity (Wildman–Crippen MR) is 81.0 cm³/mol. The van der Waals surface area contributed by atoms with Gasteiger partial charge < -0.3 is 4.74 Å². The highest BCUT2D eigenvalue weighted by Gasteiger charge is 2.24. The van der Waals surface area contributed by atoms with E-state index in [-0.39, 0.29) is 11.7 Å². The Bertz CT molecular complexity index is 593. The Balaban J connectivity index is 2.50. The topological polar surface area (TPSA) is 57.0 Å². The Labute approximate surface area is 124 Å². The molecule has 1 aromatic heterocycles. The van der Waals surface area contributed by atoms with E-state index in [0.717, 1.165) is 24.1 Å². The van der Waals surface area contributed by atoms with Crippen LogP contribution in [0.15, 0.2) is 30.3 Å². The molecule has 0 bridgehead atoms. The van der Waals surface area contributed by atoms with Gasteiger partial charge in [0.2, 0.25) is 0 Å². The fourth-order valence-corrected chi connectivity index (χ4v) is 2.34. The summed E-state index contributed by atoms with van der Waals surface area (Å²) in [5.74, 6) is -0.425. The summed E-state index contributed by atoms with van der Waals surface area (Å²) < 4.78 is 6.91. The quantitative estimate of drug-likeness (QED) is 0.763. The molecular weight excluding hydrogens is 266 g/mol. The van der Waals surface area contributed by atoms with Crippen molar-refractivity contribution >= 4 is 5.97 Å². The normalized spacial score (nSPS) is 12.1. The molecule has 1 aromatic carbocycles. The largest absolute Gasteiger partial charge is 0.461 e.